The van der Waals surface area contributed by atoms with Gasteiger partial charge < -0.3 is 14.2 Å². The maximum absolute atomic E-state index is 14.3. The van der Waals surface area contributed by atoms with Gasteiger partial charge in [0.15, 0.2) is 11.5 Å². The van der Waals surface area contributed by atoms with Crippen LogP contribution in [0.1, 0.15) is 5.56 Å². The minimum absolute atomic E-state index is 0. The smallest absolute Gasteiger partial charge is 0.231 e. The van der Waals surface area contributed by atoms with Crippen molar-refractivity contribution in [3.05, 3.63) is 47.8 Å². The van der Waals surface area contributed by atoms with Gasteiger partial charge in [-0.05, 0) is 36.8 Å². The molecular weight excluding hydrogens is 333 g/mol. The molecule has 0 unspecified atom stereocenters. The Labute approximate surface area is 144 Å². The molecule has 3 aromatic rings. The number of hydrogen-bond acceptors (Lipinski definition) is 4. The molecule has 0 aliphatic carbocycles. The van der Waals surface area contributed by atoms with E-state index in [2.05, 4.69) is 4.98 Å². The van der Waals surface area contributed by atoms with E-state index in [1.807, 2.05) is 25.1 Å². The second kappa shape index (κ2) is 6.17. The van der Waals surface area contributed by atoms with Crippen LogP contribution < -0.4 is 14.2 Å². The first-order valence-electron chi connectivity index (χ1n) is 7.20. The number of aromatic nitrogens is 1. The molecule has 4 nitrogen and oxygen atoms in total. The van der Waals surface area contributed by atoms with Crippen LogP contribution in [0.5, 0.6) is 17.2 Å². The first-order chi connectivity index (χ1) is 11.2. The molecule has 1 aromatic heterocycles. The Balaban J connectivity index is 0.00000169. The number of methoxy groups -OCH3 is 1. The predicted molar refractivity (Wildman–Crippen MR) is 91.8 cm³/mol. The molecule has 0 N–H and O–H groups in total. The van der Waals surface area contributed by atoms with Crippen molar-refractivity contribution in [3.8, 4) is 28.5 Å². The third kappa shape index (κ3) is 2.61. The van der Waals surface area contributed by atoms with Crippen LogP contribution in [0.25, 0.3) is 22.2 Å². The van der Waals surface area contributed by atoms with Crippen LogP contribution in [0.2, 0.25) is 0 Å². The van der Waals surface area contributed by atoms with Crippen LogP contribution in [0.4, 0.5) is 4.39 Å². The highest BCUT2D eigenvalue weighted by Crippen LogP contribution is 2.37. The molecule has 0 radical (unpaired) electrons. The van der Waals surface area contributed by atoms with Gasteiger partial charge in [0.25, 0.3) is 0 Å². The maximum Gasteiger partial charge on any atom is 0.231 e. The number of fused-ring (bicyclic) bond motifs is 2. The van der Waals surface area contributed by atoms with Crippen molar-refractivity contribution in [3.63, 3.8) is 0 Å². The summed E-state index contributed by atoms with van der Waals surface area (Å²) in [6.07, 6.45) is 0. The molecule has 0 atom stereocenters. The fourth-order valence-corrected chi connectivity index (χ4v) is 2.75. The van der Waals surface area contributed by atoms with E-state index in [4.69, 9.17) is 14.2 Å². The number of halogens is 2. The van der Waals surface area contributed by atoms with Gasteiger partial charge in [0, 0.05) is 23.1 Å². The van der Waals surface area contributed by atoms with Gasteiger partial charge in [0.1, 0.15) is 11.6 Å². The van der Waals surface area contributed by atoms with E-state index in [9.17, 15) is 4.39 Å². The second-order valence-corrected chi connectivity index (χ2v) is 5.39. The highest BCUT2D eigenvalue weighted by Gasteiger charge is 2.17. The Morgan fingerprint density at radius 3 is 2.54 bits per heavy atom. The molecule has 0 amide bonds. The lowest BCUT2D eigenvalue weighted by atomic mass is 10.0. The zero-order valence-corrected chi connectivity index (χ0v) is 13.9. The molecule has 1 aliphatic heterocycles. The van der Waals surface area contributed by atoms with Crippen LogP contribution in [0, 0.1) is 12.7 Å². The van der Waals surface area contributed by atoms with E-state index >= 15 is 0 Å². The van der Waals surface area contributed by atoms with E-state index in [0.29, 0.717) is 28.5 Å². The molecule has 124 valence electrons. The number of nitrogens with zero attached hydrogens (tertiary/aromatic N) is 1. The zero-order valence-electron chi connectivity index (χ0n) is 13.1. The van der Waals surface area contributed by atoms with Crippen molar-refractivity contribution in [1.29, 1.82) is 0 Å². The molecular formula is C18H15ClFNO3. The number of rotatable bonds is 2. The van der Waals surface area contributed by atoms with E-state index in [-0.39, 0.29) is 25.0 Å². The molecule has 0 spiro atoms. The molecule has 0 fully saturated rings. The molecule has 24 heavy (non-hydrogen) atoms. The first kappa shape index (κ1) is 16.3. The zero-order chi connectivity index (χ0) is 16.0. The molecule has 6 heteroatoms. The lowest BCUT2D eigenvalue weighted by Gasteiger charge is -2.09. The largest absolute Gasteiger partial charge is 0.497 e. The lowest BCUT2D eigenvalue weighted by Crippen LogP contribution is -1.93. The van der Waals surface area contributed by atoms with Crippen molar-refractivity contribution in [1.82, 2.24) is 4.98 Å². The minimum atomic E-state index is -0.364. The van der Waals surface area contributed by atoms with Gasteiger partial charge in [-0.3, -0.25) is 0 Å². The van der Waals surface area contributed by atoms with Gasteiger partial charge in [0.2, 0.25) is 6.79 Å². The normalized spacial score (nSPS) is 12.1. The van der Waals surface area contributed by atoms with Crippen LogP contribution in [0.15, 0.2) is 36.4 Å². The molecule has 0 saturated carbocycles. The summed E-state index contributed by atoms with van der Waals surface area (Å²) in [6, 6.07) is 10.4. The Hall–Kier alpha value is -2.53. The Bertz CT molecular complexity index is 930. The fourth-order valence-electron chi connectivity index (χ4n) is 2.75. The van der Waals surface area contributed by atoms with Crippen molar-refractivity contribution in [2.75, 3.05) is 13.9 Å². The van der Waals surface area contributed by atoms with Crippen LogP contribution in [-0.2, 0) is 0 Å². The average molecular weight is 348 g/mol. The van der Waals surface area contributed by atoms with Gasteiger partial charge in [-0.2, -0.15) is 0 Å². The highest BCUT2D eigenvalue weighted by atomic mass is 35.5. The molecule has 4 rings (SSSR count). The van der Waals surface area contributed by atoms with Gasteiger partial charge in [-0.25, -0.2) is 9.37 Å². The van der Waals surface area contributed by atoms with Gasteiger partial charge in [-0.1, -0.05) is 0 Å². The lowest BCUT2D eigenvalue weighted by molar-refractivity contribution is 0.174. The molecule has 2 heterocycles. The SMILES string of the molecule is COc1ccc(-c2cc(C)c3cc4c(cc3n2)OCO4)c(F)c1.Cl. The van der Waals surface area contributed by atoms with Crippen molar-refractivity contribution >= 4 is 23.3 Å². The number of pyridine rings is 1. The number of ether oxygens (including phenoxy) is 3. The van der Waals surface area contributed by atoms with Crippen molar-refractivity contribution < 1.29 is 18.6 Å². The topological polar surface area (TPSA) is 40.6 Å². The number of aryl methyl sites for hydroxylation is 1. The molecule has 1 aliphatic rings. The van der Waals surface area contributed by atoms with E-state index in [1.165, 1.54) is 13.2 Å². The van der Waals surface area contributed by atoms with Crippen molar-refractivity contribution in [2.45, 2.75) is 6.92 Å². The van der Waals surface area contributed by atoms with Gasteiger partial charge >= 0.3 is 0 Å². The van der Waals surface area contributed by atoms with E-state index in [1.54, 1.807) is 12.1 Å². The Morgan fingerprint density at radius 1 is 1.08 bits per heavy atom. The summed E-state index contributed by atoms with van der Waals surface area (Å²) >= 11 is 0. The average Bonchev–Trinajstić information content (AvgIpc) is 3.00. The molecule has 0 saturated heterocycles. The monoisotopic (exact) mass is 347 g/mol. The summed E-state index contributed by atoms with van der Waals surface area (Å²) in [5, 5.41) is 0.965. The summed E-state index contributed by atoms with van der Waals surface area (Å²) < 4.78 is 30.1. The maximum atomic E-state index is 14.3. The Kier molecular flexibility index (Phi) is 4.20. The second-order valence-electron chi connectivity index (χ2n) is 5.39. The van der Waals surface area contributed by atoms with E-state index < -0.39 is 0 Å². The molecule has 2 aromatic carbocycles. The number of benzene rings is 2. The molecule has 0 bridgehead atoms. The fraction of sp³-hybridized carbons (Fsp3) is 0.167. The van der Waals surface area contributed by atoms with Crippen LogP contribution in [0.3, 0.4) is 0 Å². The van der Waals surface area contributed by atoms with Crippen LogP contribution in [-0.4, -0.2) is 18.9 Å². The third-order valence-electron chi connectivity index (χ3n) is 3.96. The summed E-state index contributed by atoms with van der Waals surface area (Å²) in [5.41, 5.74) is 2.76. The summed E-state index contributed by atoms with van der Waals surface area (Å²) in [6.45, 7) is 2.18. The standard InChI is InChI=1S/C18H14FNO3.ClH/c1-10-5-15(12-4-3-11(21-2)6-14(12)19)20-16-8-18-17(7-13(10)16)22-9-23-18;/h3-8H,9H2,1-2H3;1H. The minimum Gasteiger partial charge on any atom is -0.497 e. The predicted octanol–water partition coefficient (Wildman–Crippen LogP) is 4.51. The highest BCUT2D eigenvalue weighted by molar-refractivity contribution is 5.88. The first-order valence-corrected chi connectivity index (χ1v) is 7.20. The quantitative estimate of drug-likeness (QED) is 0.684. The summed E-state index contributed by atoms with van der Waals surface area (Å²) in [5.74, 6) is 1.49. The number of hydrogen-bond donors (Lipinski definition) is 0. The summed E-state index contributed by atoms with van der Waals surface area (Å²) in [7, 11) is 1.51. The third-order valence-corrected chi connectivity index (χ3v) is 3.96. The van der Waals surface area contributed by atoms with E-state index in [0.717, 1.165) is 16.5 Å². The Morgan fingerprint density at radius 2 is 1.83 bits per heavy atom. The van der Waals surface area contributed by atoms with Crippen LogP contribution >= 0.6 is 12.4 Å². The van der Waals surface area contributed by atoms with Gasteiger partial charge in [-0.15, -0.1) is 12.4 Å². The van der Waals surface area contributed by atoms with Crippen molar-refractivity contribution in [2.24, 2.45) is 0 Å². The van der Waals surface area contributed by atoms with Gasteiger partial charge in [0.05, 0.1) is 18.3 Å². The summed E-state index contributed by atoms with van der Waals surface area (Å²) in [4.78, 5) is 4.58.